The number of thioether (sulfide) groups is 1. The van der Waals surface area contributed by atoms with Crippen molar-refractivity contribution >= 4 is 39.8 Å². The van der Waals surface area contributed by atoms with Gasteiger partial charge in [-0.3, -0.25) is 4.79 Å². The number of nitrogens with one attached hydrogen (secondary N) is 1. The highest BCUT2D eigenvalue weighted by Gasteiger charge is 2.40. The van der Waals surface area contributed by atoms with Gasteiger partial charge in [-0.15, -0.1) is 10.2 Å². The molecule has 1 atom stereocenters. The van der Waals surface area contributed by atoms with Gasteiger partial charge in [0, 0.05) is 6.04 Å². The van der Waals surface area contributed by atoms with E-state index in [0.717, 1.165) is 29.5 Å². The Balaban J connectivity index is 1.59. The van der Waals surface area contributed by atoms with E-state index >= 15 is 0 Å². The van der Waals surface area contributed by atoms with Crippen LogP contribution in [0.1, 0.15) is 19.8 Å². The molecule has 0 bridgehead atoms. The first-order chi connectivity index (χ1) is 13.8. The second kappa shape index (κ2) is 9.21. The van der Waals surface area contributed by atoms with Crippen molar-refractivity contribution in [2.75, 3.05) is 24.7 Å². The summed E-state index contributed by atoms with van der Waals surface area (Å²) in [4.78, 5) is 13.4. The molecule has 1 heterocycles. The van der Waals surface area contributed by atoms with Crippen molar-refractivity contribution in [1.29, 1.82) is 0 Å². The number of alkyl halides is 3. The molecule has 1 aromatic heterocycles. The van der Waals surface area contributed by atoms with Crippen LogP contribution in [0.3, 0.4) is 0 Å². The third-order valence-electron chi connectivity index (χ3n) is 4.54. The minimum Gasteiger partial charge on any atom is -0.495 e. The number of nitrogens with zero attached hydrogens (tertiary/aromatic N) is 3. The molecule has 29 heavy (non-hydrogen) atoms. The molecule has 0 aliphatic heterocycles. The van der Waals surface area contributed by atoms with Crippen LogP contribution in [-0.2, 0) is 4.79 Å². The number of anilines is 2. The fourth-order valence-corrected chi connectivity index (χ4v) is 4.52. The monoisotopic (exact) mass is 446 g/mol. The van der Waals surface area contributed by atoms with Gasteiger partial charge >= 0.3 is 6.18 Å². The fourth-order valence-electron chi connectivity index (χ4n) is 2.87. The maximum absolute atomic E-state index is 12.9. The number of para-hydroxylation sites is 2. The zero-order valence-corrected chi connectivity index (χ0v) is 17.5. The van der Waals surface area contributed by atoms with Crippen LogP contribution in [0, 0.1) is 5.92 Å². The molecule has 1 aliphatic rings. The Hall–Kier alpha value is -2.01. The zero-order chi connectivity index (χ0) is 21.0. The Morgan fingerprint density at radius 2 is 2.10 bits per heavy atom. The second-order valence-electron chi connectivity index (χ2n) is 6.70. The lowest BCUT2D eigenvalue weighted by Gasteiger charge is -2.30. The zero-order valence-electron chi connectivity index (χ0n) is 15.9. The van der Waals surface area contributed by atoms with E-state index in [2.05, 4.69) is 15.5 Å². The molecule has 1 amide bonds. The minimum absolute atomic E-state index is 0.115. The summed E-state index contributed by atoms with van der Waals surface area (Å²) in [7, 11) is 1.56. The van der Waals surface area contributed by atoms with Gasteiger partial charge in [0.1, 0.15) is 12.3 Å². The highest BCUT2D eigenvalue weighted by Crippen LogP contribution is 2.37. The number of halogens is 3. The van der Waals surface area contributed by atoms with Crippen LogP contribution in [0.15, 0.2) is 28.6 Å². The fraction of sp³-hybridized carbons (Fsp3) is 0.500. The molecule has 0 spiro atoms. The number of carbonyl (C=O) groups is 1. The van der Waals surface area contributed by atoms with Crippen LogP contribution < -0.4 is 10.1 Å². The molecule has 11 heteroatoms. The summed E-state index contributed by atoms with van der Waals surface area (Å²) in [6.45, 7) is 0.465. The molecular formula is C18H21F3N4O2S2. The van der Waals surface area contributed by atoms with Crippen LogP contribution in [0.25, 0.3) is 0 Å². The second-order valence-corrected chi connectivity index (χ2v) is 8.90. The summed E-state index contributed by atoms with van der Waals surface area (Å²) in [5.74, 6) is 0.144. The van der Waals surface area contributed by atoms with Gasteiger partial charge in [-0.2, -0.15) is 13.2 Å². The molecule has 3 rings (SSSR count). The maximum Gasteiger partial charge on any atom is 0.406 e. The van der Waals surface area contributed by atoms with Gasteiger partial charge in [0.25, 0.3) is 0 Å². The van der Waals surface area contributed by atoms with Gasteiger partial charge in [-0.25, -0.2) is 0 Å². The summed E-state index contributed by atoms with van der Waals surface area (Å²) in [5, 5.41) is 11.6. The van der Waals surface area contributed by atoms with E-state index in [1.165, 1.54) is 11.3 Å². The third kappa shape index (κ3) is 6.23. The summed E-state index contributed by atoms with van der Waals surface area (Å²) in [5.41, 5.74) is 0.716. The summed E-state index contributed by atoms with van der Waals surface area (Å²) < 4.78 is 44.5. The van der Waals surface area contributed by atoms with Gasteiger partial charge in [0.05, 0.1) is 18.6 Å². The Labute approximate surface area is 174 Å². The molecule has 1 aromatic carbocycles. The lowest BCUT2D eigenvalue weighted by molar-refractivity contribution is -0.164. The van der Waals surface area contributed by atoms with E-state index < -0.39 is 24.7 Å². The Morgan fingerprint density at radius 3 is 2.76 bits per heavy atom. The maximum atomic E-state index is 12.9. The number of aromatic nitrogens is 2. The summed E-state index contributed by atoms with van der Waals surface area (Å²) in [6, 6.07) is 6.89. The van der Waals surface area contributed by atoms with Crippen molar-refractivity contribution in [2.45, 2.75) is 36.3 Å². The number of hydrogen-bond donors (Lipinski definition) is 1. The largest absolute Gasteiger partial charge is 0.495 e. The molecule has 158 valence electrons. The van der Waals surface area contributed by atoms with Crippen LogP contribution in [-0.4, -0.2) is 52.6 Å². The van der Waals surface area contributed by atoms with Gasteiger partial charge < -0.3 is 15.0 Å². The quantitative estimate of drug-likeness (QED) is 0.569. The van der Waals surface area contributed by atoms with Crippen molar-refractivity contribution in [1.82, 2.24) is 15.1 Å². The van der Waals surface area contributed by atoms with E-state index in [-0.39, 0.29) is 11.7 Å². The first-order valence-electron chi connectivity index (χ1n) is 8.99. The Morgan fingerprint density at radius 1 is 1.38 bits per heavy atom. The van der Waals surface area contributed by atoms with E-state index in [1.807, 2.05) is 18.2 Å². The summed E-state index contributed by atoms with van der Waals surface area (Å²) in [6.07, 6.45) is -2.69. The predicted molar refractivity (Wildman–Crippen MR) is 107 cm³/mol. The van der Waals surface area contributed by atoms with E-state index in [0.29, 0.717) is 20.9 Å². The SMILES string of the molecule is COc1ccccc1Nc1nnc(SCC(=O)N(CC(F)(F)F)C(C)C2CC2)s1. The average molecular weight is 447 g/mol. The number of methoxy groups -OCH3 is 1. The van der Waals surface area contributed by atoms with Crippen molar-refractivity contribution < 1.29 is 22.7 Å². The molecule has 0 saturated heterocycles. The number of ether oxygens (including phenoxy) is 1. The van der Waals surface area contributed by atoms with Crippen molar-refractivity contribution in [3.05, 3.63) is 24.3 Å². The molecule has 1 unspecified atom stereocenters. The number of amides is 1. The van der Waals surface area contributed by atoms with Crippen LogP contribution >= 0.6 is 23.1 Å². The van der Waals surface area contributed by atoms with E-state index in [9.17, 15) is 18.0 Å². The van der Waals surface area contributed by atoms with Crippen LogP contribution in [0.4, 0.5) is 24.0 Å². The molecule has 1 saturated carbocycles. The molecule has 0 radical (unpaired) electrons. The smallest absolute Gasteiger partial charge is 0.406 e. The topological polar surface area (TPSA) is 67.3 Å². The van der Waals surface area contributed by atoms with Crippen molar-refractivity contribution in [2.24, 2.45) is 5.92 Å². The number of carbonyl (C=O) groups excluding carboxylic acids is 1. The van der Waals surface area contributed by atoms with Crippen molar-refractivity contribution in [3.63, 3.8) is 0 Å². The first-order valence-corrected chi connectivity index (χ1v) is 10.8. The minimum atomic E-state index is -4.42. The number of hydrogen-bond acceptors (Lipinski definition) is 7. The van der Waals surface area contributed by atoms with Gasteiger partial charge in [-0.1, -0.05) is 35.2 Å². The first kappa shape index (κ1) is 21.7. The van der Waals surface area contributed by atoms with Gasteiger partial charge in [0.15, 0.2) is 4.34 Å². The molecule has 1 N–H and O–H groups in total. The molecular weight excluding hydrogens is 425 g/mol. The Bertz CT molecular complexity index is 843. The third-order valence-corrected chi connectivity index (χ3v) is 6.50. The normalized spacial score (nSPS) is 15.1. The highest BCUT2D eigenvalue weighted by molar-refractivity contribution is 8.01. The van der Waals surface area contributed by atoms with Crippen LogP contribution in [0.5, 0.6) is 5.75 Å². The van der Waals surface area contributed by atoms with Crippen molar-refractivity contribution in [3.8, 4) is 5.75 Å². The predicted octanol–water partition coefficient (Wildman–Crippen LogP) is 4.57. The standard InChI is InChI=1S/C18H21F3N4O2S2/c1-11(12-7-8-12)25(10-18(19,20)21)15(26)9-28-17-24-23-16(29-17)22-13-5-3-4-6-14(13)27-2/h3-6,11-12H,7-10H2,1-2H3,(H,22,23). The summed E-state index contributed by atoms with van der Waals surface area (Å²) >= 11 is 2.31. The molecule has 2 aromatic rings. The molecule has 1 fully saturated rings. The lowest BCUT2D eigenvalue weighted by atomic mass is 10.2. The number of rotatable bonds is 9. The molecule has 1 aliphatic carbocycles. The highest BCUT2D eigenvalue weighted by atomic mass is 32.2. The Kier molecular flexibility index (Phi) is 6.89. The number of benzene rings is 1. The lowest BCUT2D eigenvalue weighted by Crippen LogP contribution is -2.46. The van der Waals surface area contributed by atoms with Gasteiger partial charge in [-0.05, 0) is 37.8 Å². The van der Waals surface area contributed by atoms with E-state index in [1.54, 1.807) is 20.1 Å². The average Bonchev–Trinajstić information content (AvgIpc) is 3.44. The van der Waals surface area contributed by atoms with E-state index in [4.69, 9.17) is 4.74 Å². The van der Waals surface area contributed by atoms with Crippen LogP contribution in [0.2, 0.25) is 0 Å². The van der Waals surface area contributed by atoms with Gasteiger partial charge in [0.2, 0.25) is 11.0 Å². The molecule has 6 nitrogen and oxygen atoms in total.